The number of hydrogen-bond donors (Lipinski definition) is 2. The first kappa shape index (κ1) is 17.5. The van der Waals surface area contributed by atoms with Crippen molar-refractivity contribution in [3.05, 3.63) is 65.7 Å². The van der Waals surface area contributed by atoms with Crippen LogP contribution in [0.5, 0.6) is 0 Å². The van der Waals surface area contributed by atoms with Crippen molar-refractivity contribution in [1.29, 1.82) is 0 Å². The fraction of sp³-hybridized carbons (Fsp3) is 0.250. The Bertz CT molecular complexity index is 751. The standard InChI is InChI=1S/C16H17F2NO3S/c17-14-6-7-15(18)16(10-14)23(21,22)19-11-13(8-9-20)12-4-2-1-3-5-12/h1-7,10,13,19-20H,8-9,11H2. The molecule has 0 saturated heterocycles. The van der Waals surface area contributed by atoms with Crippen molar-refractivity contribution in [1.82, 2.24) is 4.72 Å². The van der Waals surface area contributed by atoms with Gasteiger partial charge >= 0.3 is 0 Å². The van der Waals surface area contributed by atoms with Crippen LogP contribution in [0.15, 0.2) is 53.4 Å². The average Bonchev–Trinajstić information content (AvgIpc) is 2.54. The number of halogens is 2. The van der Waals surface area contributed by atoms with Gasteiger partial charge in [-0.25, -0.2) is 21.9 Å². The first-order valence-corrected chi connectivity index (χ1v) is 8.53. The highest BCUT2D eigenvalue weighted by atomic mass is 32.2. The Balaban J connectivity index is 2.18. The minimum Gasteiger partial charge on any atom is -0.396 e. The number of rotatable bonds is 7. The molecule has 2 N–H and O–H groups in total. The monoisotopic (exact) mass is 341 g/mol. The van der Waals surface area contributed by atoms with Crippen molar-refractivity contribution < 1.29 is 22.3 Å². The summed E-state index contributed by atoms with van der Waals surface area (Å²) in [7, 11) is -4.18. The summed E-state index contributed by atoms with van der Waals surface area (Å²) in [6.45, 7) is -0.140. The Morgan fingerprint density at radius 3 is 2.43 bits per heavy atom. The van der Waals surface area contributed by atoms with Crippen molar-refractivity contribution in [2.24, 2.45) is 0 Å². The van der Waals surface area contributed by atoms with E-state index in [9.17, 15) is 17.2 Å². The summed E-state index contributed by atoms with van der Waals surface area (Å²) in [5.74, 6) is -2.12. The number of benzene rings is 2. The predicted octanol–water partition coefficient (Wildman–Crippen LogP) is 2.41. The third-order valence-corrected chi connectivity index (χ3v) is 4.89. The molecule has 0 aromatic heterocycles. The summed E-state index contributed by atoms with van der Waals surface area (Å²) < 4.78 is 53.4. The first-order chi connectivity index (χ1) is 10.9. The van der Waals surface area contributed by atoms with Crippen molar-refractivity contribution in [2.45, 2.75) is 17.2 Å². The van der Waals surface area contributed by atoms with E-state index in [-0.39, 0.29) is 19.1 Å². The molecular formula is C16H17F2NO3S. The van der Waals surface area contributed by atoms with Crippen molar-refractivity contribution in [3.63, 3.8) is 0 Å². The highest BCUT2D eigenvalue weighted by molar-refractivity contribution is 7.89. The molecule has 2 aromatic carbocycles. The molecule has 23 heavy (non-hydrogen) atoms. The van der Waals surface area contributed by atoms with Gasteiger partial charge in [-0.3, -0.25) is 0 Å². The van der Waals surface area contributed by atoms with Crippen molar-refractivity contribution in [3.8, 4) is 0 Å². The van der Waals surface area contributed by atoms with E-state index in [4.69, 9.17) is 5.11 Å². The molecule has 0 bridgehead atoms. The quantitative estimate of drug-likeness (QED) is 0.813. The van der Waals surface area contributed by atoms with E-state index in [2.05, 4.69) is 4.72 Å². The zero-order valence-electron chi connectivity index (χ0n) is 12.2. The second-order valence-corrected chi connectivity index (χ2v) is 6.78. The Kier molecular flexibility index (Phi) is 5.81. The molecule has 0 aliphatic heterocycles. The highest BCUT2D eigenvalue weighted by Crippen LogP contribution is 2.20. The van der Waals surface area contributed by atoms with Gasteiger partial charge in [-0.05, 0) is 36.1 Å². The van der Waals surface area contributed by atoms with Crippen LogP contribution in [-0.4, -0.2) is 26.7 Å². The van der Waals surface area contributed by atoms with Crippen LogP contribution in [0.25, 0.3) is 0 Å². The molecule has 0 spiro atoms. The van der Waals surface area contributed by atoms with E-state index >= 15 is 0 Å². The van der Waals surface area contributed by atoms with Gasteiger partial charge in [-0.1, -0.05) is 30.3 Å². The van der Waals surface area contributed by atoms with Crippen LogP contribution in [0.3, 0.4) is 0 Å². The van der Waals surface area contributed by atoms with Crippen LogP contribution in [0, 0.1) is 11.6 Å². The largest absolute Gasteiger partial charge is 0.396 e. The Morgan fingerprint density at radius 2 is 1.78 bits per heavy atom. The van der Waals surface area contributed by atoms with Crippen LogP contribution in [-0.2, 0) is 10.0 Å². The SMILES string of the molecule is O=S(=O)(NCC(CCO)c1ccccc1)c1cc(F)ccc1F. The molecule has 0 aliphatic rings. The molecule has 0 fully saturated rings. The second-order valence-electron chi connectivity index (χ2n) is 5.05. The molecule has 4 nitrogen and oxygen atoms in total. The van der Waals surface area contributed by atoms with Crippen LogP contribution >= 0.6 is 0 Å². The van der Waals surface area contributed by atoms with Gasteiger partial charge in [0.1, 0.15) is 16.5 Å². The normalized spacial score (nSPS) is 13.0. The minimum atomic E-state index is -4.18. The third kappa shape index (κ3) is 4.57. The molecule has 1 unspecified atom stereocenters. The maximum absolute atomic E-state index is 13.6. The summed E-state index contributed by atoms with van der Waals surface area (Å²) >= 11 is 0. The minimum absolute atomic E-state index is 0.0249. The number of sulfonamides is 1. The number of aliphatic hydroxyl groups is 1. The fourth-order valence-corrected chi connectivity index (χ4v) is 3.41. The average molecular weight is 341 g/mol. The Labute approximate surface area is 133 Å². The number of nitrogens with one attached hydrogen (secondary N) is 1. The molecule has 0 saturated carbocycles. The summed E-state index contributed by atoms with van der Waals surface area (Å²) in [5, 5.41) is 9.14. The zero-order valence-corrected chi connectivity index (χ0v) is 13.1. The maximum Gasteiger partial charge on any atom is 0.243 e. The zero-order chi connectivity index (χ0) is 16.9. The molecular weight excluding hydrogens is 324 g/mol. The van der Waals surface area contributed by atoms with Crippen LogP contribution in [0.2, 0.25) is 0 Å². The van der Waals surface area contributed by atoms with E-state index in [1.165, 1.54) is 0 Å². The summed E-state index contributed by atoms with van der Waals surface area (Å²) in [5.41, 5.74) is 0.851. The third-order valence-electron chi connectivity index (χ3n) is 3.45. The van der Waals surface area contributed by atoms with Crippen molar-refractivity contribution in [2.75, 3.05) is 13.2 Å². The highest BCUT2D eigenvalue weighted by Gasteiger charge is 2.22. The number of hydrogen-bond acceptors (Lipinski definition) is 3. The van der Waals surface area contributed by atoms with E-state index < -0.39 is 26.6 Å². The Morgan fingerprint density at radius 1 is 1.09 bits per heavy atom. The molecule has 0 aliphatic carbocycles. The molecule has 0 heterocycles. The van der Waals surface area contributed by atoms with Gasteiger partial charge in [0.25, 0.3) is 0 Å². The van der Waals surface area contributed by atoms with E-state index in [0.29, 0.717) is 12.5 Å². The molecule has 2 rings (SSSR count). The lowest BCUT2D eigenvalue weighted by atomic mass is 9.96. The fourth-order valence-electron chi connectivity index (χ4n) is 2.24. The van der Waals surface area contributed by atoms with Crippen LogP contribution < -0.4 is 4.72 Å². The Hall–Kier alpha value is -1.83. The molecule has 1 atom stereocenters. The lowest BCUT2D eigenvalue weighted by Gasteiger charge is -2.17. The van der Waals surface area contributed by atoms with Crippen LogP contribution in [0.1, 0.15) is 17.9 Å². The van der Waals surface area contributed by atoms with Gasteiger partial charge in [0.05, 0.1) is 0 Å². The smallest absolute Gasteiger partial charge is 0.243 e. The molecule has 0 amide bonds. The first-order valence-electron chi connectivity index (χ1n) is 7.04. The van der Waals surface area contributed by atoms with Gasteiger partial charge < -0.3 is 5.11 Å². The maximum atomic E-state index is 13.6. The summed E-state index contributed by atoms with van der Waals surface area (Å²) in [6, 6.07) is 11.3. The van der Waals surface area contributed by atoms with E-state index in [1.807, 2.05) is 18.2 Å². The van der Waals surface area contributed by atoms with Gasteiger partial charge in [-0.15, -0.1) is 0 Å². The lowest BCUT2D eigenvalue weighted by Crippen LogP contribution is -2.29. The van der Waals surface area contributed by atoms with E-state index in [1.54, 1.807) is 12.1 Å². The molecule has 0 radical (unpaired) electrons. The molecule has 124 valence electrons. The summed E-state index contributed by atoms with van der Waals surface area (Å²) in [6.07, 6.45) is 0.345. The lowest BCUT2D eigenvalue weighted by molar-refractivity contribution is 0.275. The van der Waals surface area contributed by atoms with Crippen molar-refractivity contribution >= 4 is 10.0 Å². The van der Waals surface area contributed by atoms with Gasteiger partial charge in [0, 0.05) is 13.2 Å². The van der Waals surface area contributed by atoms with Gasteiger partial charge in [0.15, 0.2) is 0 Å². The van der Waals surface area contributed by atoms with Gasteiger partial charge in [-0.2, -0.15) is 0 Å². The summed E-state index contributed by atoms with van der Waals surface area (Å²) in [4.78, 5) is -0.728. The molecule has 2 aromatic rings. The molecule has 7 heteroatoms. The number of aliphatic hydroxyl groups excluding tert-OH is 1. The topological polar surface area (TPSA) is 66.4 Å². The van der Waals surface area contributed by atoms with Gasteiger partial charge in [0.2, 0.25) is 10.0 Å². The second kappa shape index (κ2) is 7.63. The van der Waals surface area contributed by atoms with E-state index in [0.717, 1.165) is 17.7 Å². The predicted molar refractivity (Wildman–Crippen MR) is 82.4 cm³/mol. The van der Waals surface area contributed by atoms with Crippen LogP contribution in [0.4, 0.5) is 8.78 Å².